The van der Waals surface area contributed by atoms with Crippen LogP contribution in [0.4, 0.5) is 5.82 Å². The lowest BCUT2D eigenvalue weighted by Gasteiger charge is -2.17. The van der Waals surface area contributed by atoms with Crippen LogP contribution in [-0.2, 0) is 4.74 Å². The molecule has 2 heterocycles. The van der Waals surface area contributed by atoms with Crippen molar-refractivity contribution in [2.24, 2.45) is 0 Å². The van der Waals surface area contributed by atoms with Crippen LogP contribution >= 0.6 is 0 Å². The molecule has 1 aliphatic rings. The van der Waals surface area contributed by atoms with Crippen molar-refractivity contribution in [2.75, 3.05) is 38.3 Å². The summed E-state index contributed by atoms with van der Waals surface area (Å²) in [4.78, 5) is 34.6. The van der Waals surface area contributed by atoms with E-state index in [1.165, 1.54) is 20.0 Å². The first-order valence-corrected chi connectivity index (χ1v) is 9.27. The van der Waals surface area contributed by atoms with Gasteiger partial charge in [0.15, 0.2) is 0 Å². The molecule has 2 aromatic rings. The molecule has 0 radical (unpaired) electrons. The van der Waals surface area contributed by atoms with Crippen molar-refractivity contribution < 1.29 is 19.1 Å². The molecule has 1 amide bonds. The van der Waals surface area contributed by atoms with Gasteiger partial charge >= 0.3 is 5.97 Å². The highest BCUT2D eigenvalue weighted by molar-refractivity contribution is 5.96. The maximum absolute atomic E-state index is 12.2. The molecular formula is C20H24N4O4. The van der Waals surface area contributed by atoms with Crippen LogP contribution in [0.25, 0.3) is 0 Å². The van der Waals surface area contributed by atoms with E-state index in [-0.39, 0.29) is 5.91 Å². The molecule has 1 N–H and O–H groups in total. The van der Waals surface area contributed by atoms with E-state index in [0.717, 1.165) is 18.9 Å². The lowest BCUT2D eigenvalue weighted by Crippen LogP contribution is -2.28. The number of esters is 1. The van der Waals surface area contributed by atoms with Gasteiger partial charge in [0.1, 0.15) is 18.2 Å². The Morgan fingerprint density at radius 3 is 2.46 bits per heavy atom. The van der Waals surface area contributed by atoms with Crippen LogP contribution in [0.3, 0.4) is 0 Å². The number of nitrogens with one attached hydrogen (secondary N) is 1. The molecule has 0 aliphatic carbocycles. The zero-order valence-corrected chi connectivity index (χ0v) is 16.1. The van der Waals surface area contributed by atoms with Gasteiger partial charge in [-0.15, -0.1) is 0 Å². The molecule has 8 heteroatoms. The first-order chi connectivity index (χ1) is 13.6. The molecule has 8 nitrogen and oxygen atoms in total. The van der Waals surface area contributed by atoms with Crippen molar-refractivity contribution >= 4 is 17.7 Å². The highest BCUT2D eigenvalue weighted by Crippen LogP contribution is 2.21. The second-order valence-electron chi connectivity index (χ2n) is 6.48. The minimum atomic E-state index is -0.436. The summed E-state index contributed by atoms with van der Waals surface area (Å²) in [5.41, 5.74) is 0.858. The van der Waals surface area contributed by atoms with E-state index in [4.69, 9.17) is 4.74 Å². The number of rotatable bonds is 7. The molecule has 1 saturated heterocycles. The summed E-state index contributed by atoms with van der Waals surface area (Å²) in [6.07, 6.45) is 2.35. The normalized spacial score (nSPS) is 13.3. The van der Waals surface area contributed by atoms with E-state index in [9.17, 15) is 9.59 Å². The number of carbonyl (C=O) groups excluding carboxylic acids is 2. The lowest BCUT2D eigenvalue weighted by molar-refractivity contribution is 0.0600. The Labute approximate surface area is 163 Å². The average molecular weight is 384 g/mol. The van der Waals surface area contributed by atoms with Crippen molar-refractivity contribution in [3.05, 3.63) is 47.3 Å². The first-order valence-electron chi connectivity index (χ1n) is 9.27. The average Bonchev–Trinajstić information content (AvgIpc) is 3.25. The maximum atomic E-state index is 12.2. The Bertz CT molecular complexity index is 833. The Morgan fingerprint density at radius 1 is 1.11 bits per heavy atom. The third-order valence-corrected chi connectivity index (χ3v) is 4.44. The van der Waals surface area contributed by atoms with E-state index in [1.807, 2.05) is 13.0 Å². The number of benzene rings is 1. The van der Waals surface area contributed by atoms with Crippen molar-refractivity contribution in [3.63, 3.8) is 0 Å². The zero-order valence-electron chi connectivity index (χ0n) is 16.1. The fourth-order valence-corrected chi connectivity index (χ4v) is 3.01. The van der Waals surface area contributed by atoms with Crippen LogP contribution in [-0.4, -0.2) is 55.2 Å². The number of carbonyl (C=O) groups is 2. The van der Waals surface area contributed by atoms with Gasteiger partial charge in [0.05, 0.1) is 19.2 Å². The number of hydrogen-bond donors (Lipinski definition) is 1. The molecule has 0 bridgehead atoms. The van der Waals surface area contributed by atoms with E-state index in [2.05, 4.69) is 24.9 Å². The van der Waals surface area contributed by atoms with Gasteiger partial charge in [-0.25, -0.2) is 9.78 Å². The summed E-state index contributed by atoms with van der Waals surface area (Å²) in [5.74, 6) is 1.38. The Morgan fingerprint density at radius 2 is 1.79 bits per heavy atom. The standard InChI is InChI=1S/C20H24N4O4/c1-14-22-17(24-10-3-4-11-24)13-18(23-14)28-12-9-21-19(25)15-5-7-16(8-6-15)20(26)27-2/h5-8,13H,3-4,9-12H2,1-2H3,(H,21,25). The molecule has 1 fully saturated rings. The number of aryl methyl sites for hydroxylation is 1. The van der Waals surface area contributed by atoms with Crippen LogP contribution in [0.5, 0.6) is 5.88 Å². The molecule has 3 rings (SSSR count). The Kier molecular flexibility index (Phi) is 6.41. The monoisotopic (exact) mass is 384 g/mol. The summed E-state index contributed by atoms with van der Waals surface area (Å²) in [5, 5.41) is 2.78. The van der Waals surface area contributed by atoms with Gasteiger partial charge in [-0.05, 0) is 44.0 Å². The van der Waals surface area contributed by atoms with Crippen molar-refractivity contribution in [1.29, 1.82) is 0 Å². The second kappa shape index (κ2) is 9.16. The number of amides is 1. The van der Waals surface area contributed by atoms with Crippen LogP contribution < -0.4 is 15.0 Å². The molecular weight excluding hydrogens is 360 g/mol. The molecule has 148 valence electrons. The van der Waals surface area contributed by atoms with E-state index >= 15 is 0 Å². The van der Waals surface area contributed by atoms with Gasteiger partial charge in [0.2, 0.25) is 5.88 Å². The predicted molar refractivity (Wildman–Crippen MR) is 104 cm³/mol. The lowest BCUT2D eigenvalue weighted by atomic mass is 10.1. The van der Waals surface area contributed by atoms with Crippen LogP contribution in [0, 0.1) is 6.92 Å². The first kappa shape index (κ1) is 19.6. The number of nitrogens with zero attached hydrogens (tertiary/aromatic N) is 3. The molecule has 1 aromatic carbocycles. The maximum Gasteiger partial charge on any atom is 0.337 e. The number of ether oxygens (including phenoxy) is 2. The summed E-state index contributed by atoms with van der Waals surface area (Å²) in [7, 11) is 1.32. The van der Waals surface area contributed by atoms with Gasteiger partial charge in [0.25, 0.3) is 5.91 Å². The highest BCUT2D eigenvalue weighted by atomic mass is 16.5. The number of aromatic nitrogens is 2. The SMILES string of the molecule is COC(=O)c1ccc(C(=O)NCCOc2cc(N3CCCC3)nc(C)n2)cc1. The largest absolute Gasteiger partial charge is 0.476 e. The summed E-state index contributed by atoms with van der Waals surface area (Å²) < 4.78 is 10.3. The van der Waals surface area contributed by atoms with Gasteiger partial charge in [-0.3, -0.25) is 4.79 Å². The van der Waals surface area contributed by atoms with Crippen molar-refractivity contribution in [3.8, 4) is 5.88 Å². The fourth-order valence-electron chi connectivity index (χ4n) is 3.01. The molecule has 1 aliphatic heterocycles. The fraction of sp³-hybridized carbons (Fsp3) is 0.400. The van der Waals surface area contributed by atoms with E-state index in [0.29, 0.717) is 36.0 Å². The Hall–Kier alpha value is -3.16. The van der Waals surface area contributed by atoms with Gasteiger partial charge in [0, 0.05) is 24.7 Å². The quantitative estimate of drug-likeness (QED) is 0.576. The van der Waals surface area contributed by atoms with Crippen molar-refractivity contribution in [1.82, 2.24) is 15.3 Å². The molecule has 0 spiro atoms. The molecule has 1 aromatic heterocycles. The summed E-state index contributed by atoms with van der Waals surface area (Å²) >= 11 is 0. The highest BCUT2D eigenvalue weighted by Gasteiger charge is 2.15. The second-order valence-corrected chi connectivity index (χ2v) is 6.48. The smallest absolute Gasteiger partial charge is 0.337 e. The Balaban J connectivity index is 1.49. The summed E-state index contributed by atoms with van der Waals surface area (Å²) in [6.45, 7) is 4.47. The van der Waals surface area contributed by atoms with Gasteiger partial charge in [-0.2, -0.15) is 4.98 Å². The molecule has 0 saturated carbocycles. The van der Waals surface area contributed by atoms with E-state index < -0.39 is 5.97 Å². The third-order valence-electron chi connectivity index (χ3n) is 4.44. The molecule has 0 atom stereocenters. The molecule has 28 heavy (non-hydrogen) atoms. The minimum absolute atomic E-state index is 0.239. The number of anilines is 1. The van der Waals surface area contributed by atoms with Gasteiger partial charge in [-0.1, -0.05) is 0 Å². The topological polar surface area (TPSA) is 93.7 Å². The van der Waals surface area contributed by atoms with Gasteiger partial charge < -0.3 is 19.7 Å². The number of methoxy groups -OCH3 is 1. The zero-order chi connectivity index (χ0) is 19.9. The predicted octanol–water partition coefficient (Wildman–Crippen LogP) is 1.98. The summed E-state index contributed by atoms with van der Waals surface area (Å²) in [6, 6.07) is 8.12. The number of hydrogen-bond acceptors (Lipinski definition) is 7. The third kappa shape index (κ3) is 4.97. The van der Waals surface area contributed by atoms with Crippen LogP contribution in [0.1, 0.15) is 39.4 Å². The van der Waals surface area contributed by atoms with Crippen LogP contribution in [0.15, 0.2) is 30.3 Å². The van der Waals surface area contributed by atoms with Crippen molar-refractivity contribution in [2.45, 2.75) is 19.8 Å². The van der Waals surface area contributed by atoms with Crippen LogP contribution in [0.2, 0.25) is 0 Å². The minimum Gasteiger partial charge on any atom is -0.476 e. The van der Waals surface area contributed by atoms with E-state index in [1.54, 1.807) is 24.3 Å². The molecule has 0 unspecified atom stereocenters.